The highest BCUT2D eigenvalue weighted by Gasteiger charge is 2.44. The van der Waals surface area contributed by atoms with Gasteiger partial charge in [-0.25, -0.2) is 4.39 Å². The molecule has 0 aliphatic heterocycles. The summed E-state index contributed by atoms with van der Waals surface area (Å²) in [5, 5.41) is 0. The van der Waals surface area contributed by atoms with Gasteiger partial charge in [-0.1, -0.05) is 15.9 Å². The number of benzene rings is 1. The average Bonchev–Trinajstić information content (AvgIpc) is 2.92. The van der Waals surface area contributed by atoms with Crippen LogP contribution in [0.15, 0.2) is 16.6 Å². The number of hydrogen-bond donors (Lipinski definition) is 1. The van der Waals surface area contributed by atoms with Crippen molar-refractivity contribution < 1.29 is 4.39 Å². The molecule has 1 fully saturated rings. The number of hydrogen-bond acceptors (Lipinski definition) is 1. The molecular weight excluding hydrogens is 245 g/mol. The fourth-order valence-electron chi connectivity index (χ4n) is 1.79. The van der Waals surface area contributed by atoms with Crippen molar-refractivity contribution >= 4 is 15.9 Å². The van der Waals surface area contributed by atoms with Gasteiger partial charge in [-0.3, -0.25) is 0 Å². The first-order valence-corrected chi connectivity index (χ1v) is 5.54. The summed E-state index contributed by atoms with van der Waals surface area (Å²) < 4.78 is 14.6. The number of rotatable bonds is 2. The highest BCUT2D eigenvalue weighted by Crippen LogP contribution is 2.48. The van der Waals surface area contributed by atoms with Crippen molar-refractivity contribution in [2.75, 3.05) is 6.54 Å². The Bertz CT molecular complexity index is 372. The molecule has 0 amide bonds. The average molecular weight is 258 g/mol. The molecule has 0 aromatic heterocycles. The van der Waals surface area contributed by atoms with Gasteiger partial charge in [0.15, 0.2) is 0 Å². The molecular formula is C11H13BrFN. The smallest absolute Gasteiger partial charge is 0.127 e. The Morgan fingerprint density at radius 2 is 2.14 bits per heavy atom. The van der Waals surface area contributed by atoms with E-state index in [0.29, 0.717) is 6.54 Å². The van der Waals surface area contributed by atoms with Crippen molar-refractivity contribution in [2.45, 2.75) is 25.2 Å². The molecule has 1 saturated carbocycles. The summed E-state index contributed by atoms with van der Waals surface area (Å²) in [6.07, 6.45) is 2.02. The van der Waals surface area contributed by atoms with E-state index in [2.05, 4.69) is 15.9 Å². The van der Waals surface area contributed by atoms with Crippen LogP contribution in [-0.4, -0.2) is 6.54 Å². The zero-order valence-corrected chi connectivity index (χ0v) is 9.70. The topological polar surface area (TPSA) is 26.0 Å². The fraction of sp³-hybridized carbons (Fsp3) is 0.455. The molecule has 76 valence electrons. The molecule has 1 aromatic carbocycles. The van der Waals surface area contributed by atoms with Crippen molar-refractivity contribution in [3.05, 3.63) is 33.5 Å². The van der Waals surface area contributed by atoms with Crippen molar-refractivity contribution in [1.29, 1.82) is 0 Å². The lowest BCUT2D eigenvalue weighted by molar-refractivity contribution is 0.571. The first-order chi connectivity index (χ1) is 6.59. The van der Waals surface area contributed by atoms with Crippen molar-refractivity contribution in [3.63, 3.8) is 0 Å². The van der Waals surface area contributed by atoms with E-state index in [1.807, 2.05) is 13.0 Å². The summed E-state index contributed by atoms with van der Waals surface area (Å²) in [5.74, 6) is -0.117. The summed E-state index contributed by atoms with van der Waals surface area (Å²) >= 11 is 3.42. The molecule has 0 saturated heterocycles. The first kappa shape index (κ1) is 10.1. The molecule has 2 rings (SSSR count). The van der Waals surface area contributed by atoms with Crippen LogP contribution in [-0.2, 0) is 5.41 Å². The van der Waals surface area contributed by atoms with E-state index in [0.717, 1.165) is 28.4 Å². The summed E-state index contributed by atoms with van der Waals surface area (Å²) in [7, 11) is 0. The molecule has 0 atom stereocenters. The minimum Gasteiger partial charge on any atom is -0.330 e. The van der Waals surface area contributed by atoms with Crippen LogP contribution in [0.25, 0.3) is 0 Å². The van der Waals surface area contributed by atoms with E-state index in [1.165, 1.54) is 0 Å². The monoisotopic (exact) mass is 257 g/mol. The first-order valence-electron chi connectivity index (χ1n) is 4.75. The van der Waals surface area contributed by atoms with Crippen LogP contribution in [0.4, 0.5) is 4.39 Å². The lowest BCUT2D eigenvalue weighted by Crippen LogP contribution is -2.21. The van der Waals surface area contributed by atoms with E-state index in [1.54, 1.807) is 6.07 Å². The van der Waals surface area contributed by atoms with Crippen LogP contribution >= 0.6 is 15.9 Å². The molecule has 1 aromatic rings. The molecule has 1 aliphatic rings. The van der Waals surface area contributed by atoms with Crippen LogP contribution in [0, 0.1) is 12.7 Å². The predicted octanol–water partition coefficient (Wildman–Crippen LogP) is 2.89. The van der Waals surface area contributed by atoms with E-state index >= 15 is 0 Å². The Hall–Kier alpha value is -0.410. The summed E-state index contributed by atoms with van der Waals surface area (Å²) in [5.41, 5.74) is 7.31. The van der Waals surface area contributed by atoms with Crippen molar-refractivity contribution in [1.82, 2.24) is 0 Å². The summed E-state index contributed by atoms with van der Waals surface area (Å²) in [4.78, 5) is 0. The number of halogens is 2. The van der Waals surface area contributed by atoms with Gasteiger partial charge in [0.1, 0.15) is 5.82 Å². The third-order valence-corrected chi connectivity index (χ3v) is 3.92. The summed E-state index contributed by atoms with van der Waals surface area (Å²) in [6.45, 7) is 2.43. The van der Waals surface area contributed by atoms with Crippen LogP contribution < -0.4 is 5.73 Å². The summed E-state index contributed by atoms with van der Waals surface area (Å²) in [6, 6.07) is 3.46. The molecule has 1 nitrogen and oxygen atoms in total. The van der Waals surface area contributed by atoms with Crippen LogP contribution in [0.5, 0.6) is 0 Å². The highest BCUT2D eigenvalue weighted by atomic mass is 79.9. The van der Waals surface area contributed by atoms with Gasteiger partial charge in [0, 0.05) is 16.4 Å². The Balaban J connectivity index is 2.49. The number of aryl methyl sites for hydroxylation is 1. The second-order valence-electron chi connectivity index (χ2n) is 4.07. The Kier molecular flexibility index (Phi) is 2.40. The second kappa shape index (κ2) is 3.31. The van der Waals surface area contributed by atoms with E-state index in [4.69, 9.17) is 5.73 Å². The minimum absolute atomic E-state index is 0.0691. The van der Waals surface area contributed by atoms with E-state index in [-0.39, 0.29) is 11.2 Å². The molecule has 0 unspecified atom stereocenters. The number of nitrogens with two attached hydrogens (primary N) is 1. The predicted molar refractivity (Wildman–Crippen MR) is 58.8 cm³/mol. The normalized spacial score (nSPS) is 18.3. The van der Waals surface area contributed by atoms with Gasteiger partial charge in [0.25, 0.3) is 0 Å². The van der Waals surface area contributed by atoms with E-state index < -0.39 is 0 Å². The van der Waals surface area contributed by atoms with Crippen LogP contribution in [0.1, 0.15) is 24.0 Å². The third-order valence-electron chi connectivity index (χ3n) is 3.06. The largest absolute Gasteiger partial charge is 0.330 e. The highest BCUT2D eigenvalue weighted by molar-refractivity contribution is 9.10. The van der Waals surface area contributed by atoms with Gasteiger partial charge in [0.2, 0.25) is 0 Å². The van der Waals surface area contributed by atoms with Crippen molar-refractivity contribution in [3.8, 4) is 0 Å². The quantitative estimate of drug-likeness (QED) is 0.867. The SMILES string of the molecule is Cc1cc(F)c(C2(CN)CC2)cc1Br. The maximum Gasteiger partial charge on any atom is 0.127 e. The third kappa shape index (κ3) is 1.48. The standard InChI is InChI=1S/C11H13BrFN/c1-7-4-10(13)8(5-9(7)12)11(6-14)2-3-11/h4-5H,2-3,6,14H2,1H3. The zero-order valence-electron chi connectivity index (χ0n) is 8.11. The Labute approximate surface area is 91.6 Å². The van der Waals surface area contributed by atoms with E-state index in [9.17, 15) is 4.39 Å². The maximum atomic E-state index is 13.7. The van der Waals surface area contributed by atoms with Gasteiger partial charge >= 0.3 is 0 Å². The van der Waals surface area contributed by atoms with Crippen LogP contribution in [0.2, 0.25) is 0 Å². The molecule has 0 radical (unpaired) electrons. The molecule has 3 heteroatoms. The molecule has 0 bridgehead atoms. The molecule has 0 heterocycles. The van der Waals surface area contributed by atoms with Gasteiger partial charge in [0.05, 0.1) is 0 Å². The zero-order chi connectivity index (χ0) is 10.3. The lowest BCUT2D eigenvalue weighted by Gasteiger charge is -2.15. The van der Waals surface area contributed by atoms with Crippen LogP contribution in [0.3, 0.4) is 0 Å². The second-order valence-corrected chi connectivity index (χ2v) is 4.92. The fourth-order valence-corrected chi connectivity index (χ4v) is 2.13. The van der Waals surface area contributed by atoms with Gasteiger partial charge in [-0.2, -0.15) is 0 Å². The molecule has 0 spiro atoms. The van der Waals surface area contributed by atoms with Gasteiger partial charge in [-0.05, 0) is 43.0 Å². The Morgan fingerprint density at radius 3 is 2.64 bits per heavy atom. The molecule has 2 N–H and O–H groups in total. The Morgan fingerprint density at radius 1 is 1.50 bits per heavy atom. The lowest BCUT2D eigenvalue weighted by atomic mass is 9.95. The molecule has 14 heavy (non-hydrogen) atoms. The van der Waals surface area contributed by atoms with Crippen molar-refractivity contribution in [2.24, 2.45) is 5.73 Å². The van der Waals surface area contributed by atoms with Gasteiger partial charge in [-0.15, -0.1) is 0 Å². The minimum atomic E-state index is -0.117. The van der Waals surface area contributed by atoms with Gasteiger partial charge < -0.3 is 5.73 Å². The molecule has 1 aliphatic carbocycles. The maximum absolute atomic E-state index is 13.7.